The Hall–Kier alpha value is -1.42. The van der Waals surface area contributed by atoms with Crippen LogP contribution in [-0.4, -0.2) is 9.97 Å². The smallest absolute Gasteiger partial charge is 0.144 e. The lowest BCUT2D eigenvalue weighted by molar-refractivity contribution is 1.01. The monoisotopic (exact) mass is 277 g/mol. The molecule has 16 heavy (non-hydrogen) atoms. The number of hydrogen-bond acceptors (Lipinski definition) is 3. The van der Waals surface area contributed by atoms with E-state index < -0.39 is 0 Å². The van der Waals surface area contributed by atoms with E-state index in [1.54, 1.807) is 6.20 Å². The Kier molecular flexibility index (Phi) is 3.51. The summed E-state index contributed by atoms with van der Waals surface area (Å²) in [5, 5.41) is 3.27. The molecular formula is C12H12BrN3. The van der Waals surface area contributed by atoms with E-state index in [1.165, 1.54) is 5.56 Å². The summed E-state index contributed by atoms with van der Waals surface area (Å²) >= 11 is 3.42. The van der Waals surface area contributed by atoms with Gasteiger partial charge in [0.25, 0.3) is 0 Å². The zero-order chi connectivity index (χ0) is 11.4. The second kappa shape index (κ2) is 5.07. The molecule has 0 amide bonds. The first kappa shape index (κ1) is 11.1. The molecule has 4 heteroatoms. The van der Waals surface area contributed by atoms with Crippen LogP contribution in [0, 0.1) is 6.92 Å². The van der Waals surface area contributed by atoms with Crippen molar-refractivity contribution in [3.8, 4) is 0 Å². The van der Waals surface area contributed by atoms with Crippen molar-refractivity contribution < 1.29 is 0 Å². The van der Waals surface area contributed by atoms with E-state index in [-0.39, 0.29) is 0 Å². The molecule has 0 spiro atoms. The molecule has 1 N–H and O–H groups in total. The molecule has 0 fully saturated rings. The predicted octanol–water partition coefficient (Wildman–Crippen LogP) is 3.16. The van der Waals surface area contributed by atoms with Crippen LogP contribution in [0.15, 0.2) is 41.0 Å². The highest BCUT2D eigenvalue weighted by molar-refractivity contribution is 9.10. The Balaban J connectivity index is 2.08. The minimum Gasteiger partial charge on any atom is -0.365 e. The van der Waals surface area contributed by atoms with Gasteiger partial charge in [-0.3, -0.25) is 0 Å². The van der Waals surface area contributed by atoms with Gasteiger partial charge in [0.15, 0.2) is 0 Å². The second-order valence-corrected chi connectivity index (χ2v) is 4.31. The Bertz CT molecular complexity index is 471. The summed E-state index contributed by atoms with van der Waals surface area (Å²) in [6.45, 7) is 2.63. The number of anilines is 1. The van der Waals surface area contributed by atoms with Crippen molar-refractivity contribution in [1.29, 1.82) is 0 Å². The third kappa shape index (κ3) is 2.79. The molecule has 0 aliphatic heterocycles. The standard InChI is InChI=1S/C12H12BrN3/c1-9-14-8-11(13)12(16-9)15-7-10-5-3-2-4-6-10/h2-6,8H,7H2,1H3,(H,14,15,16). The number of benzene rings is 1. The zero-order valence-corrected chi connectivity index (χ0v) is 10.5. The highest BCUT2D eigenvalue weighted by Gasteiger charge is 2.01. The van der Waals surface area contributed by atoms with Crippen molar-refractivity contribution in [1.82, 2.24) is 9.97 Å². The zero-order valence-electron chi connectivity index (χ0n) is 8.94. The number of halogens is 1. The van der Waals surface area contributed by atoms with E-state index in [9.17, 15) is 0 Å². The van der Waals surface area contributed by atoms with Crippen molar-refractivity contribution in [3.05, 3.63) is 52.4 Å². The van der Waals surface area contributed by atoms with Crippen LogP contribution < -0.4 is 5.32 Å². The molecule has 0 aliphatic rings. The minimum absolute atomic E-state index is 0.760. The summed E-state index contributed by atoms with van der Waals surface area (Å²) in [7, 11) is 0. The van der Waals surface area contributed by atoms with Gasteiger partial charge >= 0.3 is 0 Å². The van der Waals surface area contributed by atoms with Gasteiger partial charge in [-0.25, -0.2) is 9.97 Å². The molecule has 1 aromatic heterocycles. The summed E-state index contributed by atoms with van der Waals surface area (Å²) in [6.07, 6.45) is 1.76. The lowest BCUT2D eigenvalue weighted by atomic mass is 10.2. The van der Waals surface area contributed by atoms with E-state index in [0.717, 1.165) is 22.7 Å². The third-order valence-corrected chi connectivity index (χ3v) is 2.75. The number of aryl methyl sites for hydroxylation is 1. The topological polar surface area (TPSA) is 37.8 Å². The van der Waals surface area contributed by atoms with Crippen LogP contribution in [0.2, 0.25) is 0 Å². The molecule has 0 saturated heterocycles. The van der Waals surface area contributed by atoms with Crippen molar-refractivity contribution in [2.45, 2.75) is 13.5 Å². The van der Waals surface area contributed by atoms with Crippen LogP contribution in [-0.2, 0) is 6.54 Å². The average molecular weight is 278 g/mol. The normalized spacial score (nSPS) is 10.1. The van der Waals surface area contributed by atoms with Crippen molar-refractivity contribution in [3.63, 3.8) is 0 Å². The second-order valence-electron chi connectivity index (χ2n) is 3.45. The molecule has 82 valence electrons. The highest BCUT2D eigenvalue weighted by atomic mass is 79.9. The van der Waals surface area contributed by atoms with Gasteiger partial charge in [0.05, 0.1) is 4.47 Å². The quantitative estimate of drug-likeness (QED) is 0.937. The molecule has 1 aromatic carbocycles. The molecule has 0 atom stereocenters. The lowest BCUT2D eigenvalue weighted by Crippen LogP contribution is -2.03. The van der Waals surface area contributed by atoms with Crippen molar-refractivity contribution in [2.24, 2.45) is 0 Å². The number of rotatable bonds is 3. The van der Waals surface area contributed by atoms with Crippen LogP contribution in [0.4, 0.5) is 5.82 Å². The maximum atomic E-state index is 4.32. The van der Waals surface area contributed by atoms with Crippen LogP contribution >= 0.6 is 15.9 Å². The fourth-order valence-corrected chi connectivity index (χ4v) is 1.69. The first-order chi connectivity index (χ1) is 7.75. The summed E-state index contributed by atoms with van der Waals surface area (Å²) in [4.78, 5) is 8.42. The molecular weight excluding hydrogens is 266 g/mol. The molecule has 0 bridgehead atoms. The van der Waals surface area contributed by atoms with Crippen LogP contribution in [0.25, 0.3) is 0 Å². The summed E-state index contributed by atoms with van der Waals surface area (Å²) in [5.41, 5.74) is 1.23. The first-order valence-electron chi connectivity index (χ1n) is 5.02. The number of nitrogens with zero attached hydrogens (tertiary/aromatic N) is 2. The van der Waals surface area contributed by atoms with Gasteiger partial charge in [-0.15, -0.1) is 0 Å². The minimum atomic E-state index is 0.760. The third-order valence-electron chi connectivity index (χ3n) is 2.17. The number of nitrogens with one attached hydrogen (secondary N) is 1. The highest BCUT2D eigenvalue weighted by Crippen LogP contribution is 2.18. The first-order valence-corrected chi connectivity index (χ1v) is 5.82. The molecule has 3 nitrogen and oxygen atoms in total. The van der Waals surface area contributed by atoms with Gasteiger partial charge in [0.1, 0.15) is 11.6 Å². The van der Waals surface area contributed by atoms with E-state index in [4.69, 9.17) is 0 Å². The van der Waals surface area contributed by atoms with Crippen LogP contribution in [0.5, 0.6) is 0 Å². The largest absolute Gasteiger partial charge is 0.365 e. The summed E-state index contributed by atoms with van der Waals surface area (Å²) in [5.74, 6) is 1.59. The number of hydrogen-bond donors (Lipinski definition) is 1. The fraction of sp³-hybridized carbons (Fsp3) is 0.167. The Morgan fingerprint density at radius 3 is 2.75 bits per heavy atom. The van der Waals surface area contributed by atoms with Crippen LogP contribution in [0.3, 0.4) is 0 Å². The SMILES string of the molecule is Cc1ncc(Br)c(NCc2ccccc2)n1. The van der Waals surface area contributed by atoms with E-state index in [1.807, 2.05) is 25.1 Å². The van der Waals surface area contributed by atoms with Crippen molar-refractivity contribution in [2.75, 3.05) is 5.32 Å². The Labute approximate surface area is 103 Å². The van der Waals surface area contributed by atoms with E-state index in [0.29, 0.717) is 0 Å². The lowest BCUT2D eigenvalue weighted by Gasteiger charge is -2.07. The van der Waals surface area contributed by atoms with Gasteiger partial charge in [0, 0.05) is 12.7 Å². The maximum Gasteiger partial charge on any atom is 0.144 e. The molecule has 0 unspecified atom stereocenters. The molecule has 0 radical (unpaired) electrons. The van der Waals surface area contributed by atoms with Gasteiger partial charge in [0.2, 0.25) is 0 Å². The Morgan fingerprint density at radius 1 is 1.25 bits per heavy atom. The van der Waals surface area contributed by atoms with Gasteiger partial charge in [-0.1, -0.05) is 30.3 Å². The molecule has 2 aromatic rings. The van der Waals surface area contributed by atoms with Gasteiger partial charge in [-0.2, -0.15) is 0 Å². The van der Waals surface area contributed by atoms with E-state index >= 15 is 0 Å². The Morgan fingerprint density at radius 2 is 2.00 bits per heavy atom. The van der Waals surface area contributed by atoms with E-state index in [2.05, 4.69) is 43.3 Å². The average Bonchev–Trinajstić information content (AvgIpc) is 2.32. The van der Waals surface area contributed by atoms with Crippen LogP contribution in [0.1, 0.15) is 11.4 Å². The predicted molar refractivity (Wildman–Crippen MR) is 68.2 cm³/mol. The van der Waals surface area contributed by atoms with Gasteiger partial charge in [-0.05, 0) is 28.4 Å². The fourth-order valence-electron chi connectivity index (χ4n) is 1.36. The summed E-state index contributed by atoms with van der Waals surface area (Å²) < 4.78 is 0.883. The summed E-state index contributed by atoms with van der Waals surface area (Å²) in [6, 6.07) is 10.2. The molecule has 0 aliphatic carbocycles. The maximum absolute atomic E-state index is 4.32. The van der Waals surface area contributed by atoms with Crippen molar-refractivity contribution >= 4 is 21.7 Å². The number of aromatic nitrogens is 2. The van der Waals surface area contributed by atoms with Gasteiger partial charge < -0.3 is 5.32 Å². The molecule has 0 saturated carbocycles. The molecule has 2 rings (SSSR count). The molecule has 1 heterocycles.